The van der Waals surface area contributed by atoms with E-state index in [1.165, 1.54) is 18.7 Å². The summed E-state index contributed by atoms with van der Waals surface area (Å²) < 4.78 is 4.54. The first-order valence-corrected chi connectivity index (χ1v) is 8.64. The van der Waals surface area contributed by atoms with Crippen molar-refractivity contribution in [2.45, 2.75) is 19.4 Å². The van der Waals surface area contributed by atoms with Crippen LogP contribution in [0.2, 0.25) is 0 Å². The van der Waals surface area contributed by atoms with E-state index >= 15 is 0 Å². The molecule has 0 bridgehead atoms. The fraction of sp³-hybridized carbons (Fsp3) is 0.350. The molecule has 0 fully saturated rings. The number of ether oxygens (including phenoxy) is 1. The fourth-order valence-electron chi connectivity index (χ4n) is 2.54. The van der Waals surface area contributed by atoms with Gasteiger partial charge in [-0.2, -0.15) is 0 Å². The Hall–Kier alpha value is -2.73. The minimum absolute atomic E-state index is 0.238. The van der Waals surface area contributed by atoms with Gasteiger partial charge in [0.05, 0.1) is 25.2 Å². The van der Waals surface area contributed by atoms with Crippen molar-refractivity contribution in [3.05, 3.63) is 60.1 Å². The minimum atomic E-state index is -0.416. The number of esters is 1. The van der Waals surface area contributed by atoms with E-state index in [4.69, 9.17) is 0 Å². The Labute approximate surface area is 154 Å². The standard InChI is InChI=1S/C20H26N4O2/c1-16(15-24(2)12-11-17-7-5-4-6-8-17)23-19-14-21-18(13-22-19)9-10-20(25)26-3/h4-10,13-14,16H,11-12,15H2,1-3H3,(H,22,23)/t16-/m1/s1. The molecule has 0 saturated carbocycles. The van der Waals surface area contributed by atoms with Crippen LogP contribution in [0, 0.1) is 0 Å². The molecule has 6 nitrogen and oxygen atoms in total. The van der Waals surface area contributed by atoms with Crippen molar-refractivity contribution >= 4 is 17.9 Å². The predicted molar refractivity (Wildman–Crippen MR) is 104 cm³/mol. The van der Waals surface area contributed by atoms with Gasteiger partial charge in [-0.3, -0.25) is 4.98 Å². The molecule has 138 valence electrons. The zero-order chi connectivity index (χ0) is 18.8. The van der Waals surface area contributed by atoms with Crippen LogP contribution in [-0.4, -0.2) is 54.1 Å². The van der Waals surface area contributed by atoms with Crippen molar-refractivity contribution in [2.75, 3.05) is 32.6 Å². The van der Waals surface area contributed by atoms with Crippen molar-refractivity contribution in [3.63, 3.8) is 0 Å². The minimum Gasteiger partial charge on any atom is -0.466 e. The molecule has 0 aliphatic heterocycles. The Balaban J connectivity index is 1.77. The molecule has 1 heterocycles. The second kappa shape index (κ2) is 10.3. The number of carbonyl (C=O) groups excluding carboxylic acids is 1. The topological polar surface area (TPSA) is 67.3 Å². The third-order valence-electron chi connectivity index (χ3n) is 3.87. The molecular formula is C20H26N4O2. The van der Waals surface area contributed by atoms with Gasteiger partial charge in [-0.25, -0.2) is 9.78 Å². The quantitative estimate of drug-likeness (QED) is 0.552. The summed E-state index contributed by atoms with van der Waals surface area (Å²) >= 11 is 0. The van der Waals surface area contributed by atoms with Crippen molar-refractivity contribution < 1.29 is 9.53 Å². The number of nitrogens with one attached hydrogen (secondary N) is 1. The van der Waals surface area contributed by atoms with Gasteiger partial charge in [0.25, 0.3) is 0 Å². The molecule has 26 heavy (non-hydrogen) atoms. The number of hydrogen-bond acceptors (Lipinski definition) is 6. The molecule has 0 radical (unpaired) electrons. The number of carbonyl (C=O) groups is 1. The van der Waals surface area contributed by atoms with Crippen molar-refractivity contribution in [1.82, 2.24) is 14.9 Å². The first-order chi connectivity index (χ1) is 12.6. The van der Waals surface area contributed by atoms with Gasteiger partial charge >= 0.3 is 5.97 Å². The number of hydrogen-bond donors (Lipinski definition) is 1. The van der Waals surface area contributed by atoms with Gasteiger partial charge in [0.15, 0.2) is 0 Å². The monoisotopic (exact) mass is 354 g/mol. The van der Waals surface area contributed by atoms with Crippen LogP contribution in [0.5, 0.6) is 0 Å². The maximum Gasteiger partial charge on any atom is 0.330 e. The zero-order valence-electron chi connectivity index (χ0n) is 15.6. The Kier molecular flexibility index (Phi) is 7.76. The van der Waals surface area contributed by atoms with E-state index in [2.05, 4.69) is 63.2 Å². The lowest BCUT2D eigenvalue weighted by molar-refractivity contribution is -0.134. The molecule has 0 unspecified atom stereocenters. The Morgan fingerprint density at radius 2 is 2.04 bits per heavy atom. The van der Waals surface area contributed by atoms with Crippen LogP contribution >= 0.6 is 0 Å². The molecule has 2 rings (SSSR count). The number of likely N-dealkylation sites (N-methyl/N-ethyl adjacent to an activating group) is 1. The summed E-state index contributed by atoms with van der Waals surface area (Å²) in [5.41, 5.74) is 1.95. The lowest BCUT2D eigenvalue weighted by Crippen LogP contribution is -2.33. The van der Waals surface area contributed by atoms with E-state index < -0.39 is 5.97 Å². The van der Waals surface area contributed by atoms with E-state index in [0.717, 1.165) is 19.5 Å². The summed E-state index contributed by atoms with van der Waals surface area (Å²) in [5, 5.41) is 3.34. The molecule has 1 atom stereocenters. The number of aromatic nitrogens is 2. The lowest BCUT2D eigenvalue weighted by Gasteiger charge is -2.22. The molecule has 1 aromatic heterocycles. The molecule has 0 aliphatic rings. The third kappa shape index (κ3) is 7.03. The molecule has 1 N–H and O–H groups in total. The number of rotatable bonds is 9. The van der Waals surface area contributed by atoms with Crippen LogP contribution < -0.4 is 5.32 Å². The number of methoxy groups -OCH3 is 1. The van der Waals surface area contributed by atoms with Crippen LogP contribution in [-0.2, 0) is 16.0 Å². The summed E-state index contributed by atoms with van der Waals surface area (Å²) in [7, 11) is 3.46. The van der Waals surface area contributed by atoms with Crippen molar-refractivity contribution in [2.24, 2.45) is 0 Å². The summed E-state index contributed by atoms with van der Waals surface area (Å²) in [6.45, 7) is 4.02. The van der Waals surface area contributed by atoms with E-state index in [9.17, 15) is 4.79 Å². The summed E-state index contributed by atoms with van der Waals surface area (Å²) in [4.78, 5) is 22.0. The molecule has 0 saturated heterocycles. The lowest BCUT2D eigenvalue weighted by atomic mass is 10.1. The maximum atomic E-state index is 11.1. The van der Waals surface area contributed by atoms with E-state index in [-0.39, 0.29) is 6.04 Å². The smallest absolute Gasteiger partial charge is 0.330 e. The number of nitrogens with zero attached hydrogens (tertiary/aromatic N) is 3. The van der Waals surface area contributed by atoms with Gasteiger partial charge in [0.1, 0.15) is 5.82 Å². The van der Waals surface area contributed by atoms with E-state index in [1.807, 2.05) is 6.07 Å². The van der Waals surface area contributed by atoms with E-state index in [1.54, 1.807) is 18.5 Å². The van der Waals surface area contributed by atoms with Crippen LogP contribution in [0.1, 0.15) is 18.2 Å². The Morgan fingerprint density at radius 3 is 2.69 bits per heavy atom. The van der Waals surface area contributed by atoms with Crippen molar-refractivity contribution in [1.29, 1.82) is 0 Å². The SMILES string of the molecule is COC(=O)C=Cc1cnc(N[C@H](C)CN(C)CCc2ccccc2)cn1. The third-order valence-corrected chi connectivity index (χ3v) is 3.87. The van der Waals surface area contributed by atoms with Gasteiger partial charge in [0.2, 0.25) is 0 Å². The average molecular weight is 354 g/mol. The highest BCUT2D eigenvalue weighted by Crippen LogP contribution is 2.06. The van der Waals surface area contributed by atoms with Gasteiger partial charge in [-0.1, -0.05) is 30.3 Å². The molecule has 0 amide bonds. The highest BCUT2D eigenvalue weighted by atomic mass is 16.5. The molecule has 2 aromatic rings. The highest BCUT2D eigenvalue weighted by Gasteiger charge is 2.07. The summed E-state index contributed by atoms with van der Waals surface area (Å²) in [6, 6.07) is 10.7. The van der Waals surface area contributed by atoms with Gasteiger partial charge in [-0.05, 0) is 32.0 Å². The Morgan fingerprint density at radius 1 is 1.27 bits per heavy atom. The van der Waals surface area contributed by atoms with E-state index in [0.29, 0.717) is 11.5 Å². The fourth-order valence-corrected chi connectivity index (χ4v) is 2.54. The highest BCUT2D eigenvalue weighted by molar-refractivity contribution is 5.86. The predicted octanol–water partition coefficient (Wildman–Crippen LogP) is 2.64. The van der Waals surface area contributed by atoms with Crippen molar-refractivity contribution in [3.8, 4) is 0 Å². The Bertz CT molecular complexity index is 702. The molecule has 0 aliphatic carbocycles. The second-order valence-corrected chi connectivity index (χ2v) is 6.23. The summed E-state index contributed by atoms with van der Waals surface area (Å²) in [6.07, 6.45) is 7.21. The largest absolute Gasteiger partial charge is 0.466 e. The molecule has 1 aromatic carbocycles. The average Bonchev–Trinajstić information content (AvgIpc) is 2.66. The summed E-state index contributed by atoms with van der Waals surface area (Å²) in [5.74, 6) is 0.297. The van der Waals surface area contributed by atoms with Crippen LogP contribution in [0.15, 0.2) is 48.8 Å². The van der Waals surface area contributed by atoms with Gasteiger partial charge in [-0.15, -0.1) is 0 Å². The molecular weight excluding hydrogens is 328 g/mol. The van der Waals surface area contributed by atoms with Gasteiger partial charge < -0.3 is 15.0 Å². The number of anilines is 1. The second-order valence-electron chi connectivity index (χ2n) is 6.23. The van der Waals surface area contributed by atoms with Crippen LogP contribution in [0.4, 0.5) is 5.82 Å². The first-order valence-electron chi connectivity index (χ1n) is 8.64. The maximum absolute atomic E-state index is 11.1. The van der Waals surface area contributed by atoms with Gasteiger partial charge in [0, 0.05) is 25.2 Å². The van der Waals surface area contributed by atoms with Crippen LogP contribution in [0.3, 0.4) is 0 Å². The number of benzene rings is 1. The normalized spacial score (nSPS) is 12.3. The van der Waals surface area contributed by atoms with Crippen LogP contribution in [0.25, 0.3) is 6.08 Å². The zero-order valence-corrected chi connectivity index (χ0v) is 15.6. The first kappa shape index (κ1) is 19.6. The molecule has 0 spiro atoms. The molecule has 6 heteroatoms.